The topological polar surface area (TPSA) is 134 Å². The van der Waals surface area contributed by atoms with Crippen LogP contribution in [0.4, 0.5) is 21.5 Å². The van der Waals surface area contributed by atoms with Crippen molar-refractivity contribution in [2.45, 2.75) is 19.3 Å². The van der Waals surface area contributed by atoms with Crippen molar-refractivity contribution >= 4 is 57.4 Å². The molecule has 2 atom stereocenters. The minimum absolute atomic E-state index is 0.0469. The highest BCUT2D eigenvalue weighted by Gasteiger charge is 2.46. The van der Waals surface area contributed by atoms with Crippen LogP contribution in [-0.4, -0.2) is 45.9 Å². The lowest BCUT2D eigenvalue weighted by Crippen LogP contribution is -2.50. The highest BCUT2D eigenvalue weighted by molar-refractivity contribution is 7.92. The van der Waals surface area contributed by atoms with Gasteiger partial charge >= 0.3 is 7.52 Å². The second-order valence-electron chi connectivity index (χ2n) is 9.10. The zero-order valence-electron chi connectivity index (χ0n) is 19.5. The highest BCUT2D eigenvalue weighted by Crippen LogP contribution is 2.52. The molecule has 0 saturated heterocycles. The normalized spacial score (nSPS) is 23.5. The average Bonchev–Trinajstić information content (AvgIpc) is 3.63. The number of anilines is 3. The first-order chi connectivity index (χ1) is 17.0. The summed E-state index contributed by atoms with van der Waals surface area (Å²) in [6.45, 7) is 0.359. The van der Waals surface area contributed by atoms with Crippen molar-refractivity contribution in [3.8, 4) is 0 Å². The van der Waals surface area contributed by atoms with E-state index in [-0.39, 0.29) is 28.1 Å². The number of nitrogens with zero attached hydrogens (tertiary/aromatic N) is 2. The van der Waals surface area contributed by atoms with Gasteiger partial charge in [-0.2, -0.15) is 4.76 Å². The van der Waals surface area contributed by atoms with E-state index >= 15 is 0 Å². The molecule has 2 aromatic rings. The molecule has 2 unspecified atom stereocenters. The molecule has 13 heteroatoms. The lowest BCUT2D eigenvalue weighted by molar-refractivity contribution is -0.119. The Morgan fingerprint density at radius 2 is 1.97 bits per heavy atom. The number of sulfonamides is 1. The minimum Gasteiger partial charge on any atom is -0.342 e. The van der Waals surface area contributed by atoms with Gasteiger partial charge in [-0.25, -0.2) is 12.8 Å². The Hall–Kier alpha value is -3.08. The van der Waals surface area contributed by atoms with Crippen molar-refractivity contribution in [1.82, 2.24) is 0 Å². The summed E-state index contributed by atoms with van der Waals surface area (Å²) in [5, 5.41) is 2.99. The van der Waals surface area contributed by atoms with Crippen LogP contribution < -0.4 is 20.2 Å². The Bertz CT molecular complexity index is 1470. The molecule has 36 heavy (non-hydrogen) atoms. The van der Waals surface area contributed by atoms with E-state index in [0.29, 0.717) is 18.2 Å². The molecule has 1 fully saturated rings. The van der Waals surface area contributed by atoms with Crippen molar-refractivity contribution < 1.29 is 31.5 Å². The lowest BCUT2D eigenvalue weighted by atomic mass is 9.88. The molecule has 0 radical (unpaired) electrons. The second-order valence-corrected chi connectivity index (χ2v) is 12.9. The lowest BCUT2D eigenvalue weighted by Gasteiger charge is -2.35. The zero-order valence-corrected chi connectivity index (χ0v) is 21.2. The predicted molar refractivity (Wildman–Crippen MR) is 134 cm³/mol. The van der Waals surface area contributed by atoms with Gasteiger partial charge in [-0.05, 0) is 48.7 Å². The molecular weight excluding hydrogens is 510 g/mol. The van der Waals surface area contributed by atoms with E-state index in [1.165, 1.54) is 42.3 Å². The molecule has 1 amide bonds. The maximum Gasteiger partial charge on any atom is 0.348 e. The smallest absolute Gasteiger partial charge is 0.342 e. The maximum absolute atomic E-state index is 14.1. The third kappa shape index (κ3) is 4.56. The fraction of sp³-hybridized carbons (Fsp3) is 0.348. The van der Waals surface area contributed by atoms with Gasteiger partial charge < -0.3 is 14.7 Å². The highest BCUT2D eigenvalue weighted by atomic mass is 32.2. The Morgan fingerprint density at radius 1 is 1.22 bits per heavy atom. The summed E-state index contributed by atoms with van der Waals surface area (Å²) >= 11 is 0. The summed E-state index contributed by atoms with van der Waals surface area (Å²) < 4.78 is 62.8. The summed E-state index contributed by atoms with van der Waals surface area (Å²) in [6, 6.07) is 7.94. The number of amides is 1. The van der Waals surface area contributed by atoms with Gasteiger partial charge in [0, 0.05) is 24.9 Å². The quantitative estimate of drug-likeness (QED) is 0.412. The van der Waals surface area contributed by atoms with Crippen LogP contribution in [0.15, 0.2) is 41.2 Å². The summed E-state index contributed by atoms with van der Waals surface area (Å²) in [5.74, 6) is -2.95. The van der Waals surface area contributed by atoms with Gasteiger partial charge in [-0.15, -0.1) is 0 Å². The van der Waals surface area contributed by atoms with Crippen molar-refractivity contribution in [1.29, 1.82) is 0 Å². The number of Topliss-reactive ketones (excluding diaryl/α,β-unsaturated/α-hetero) is 1. The van der Waals surface area contributed by atoms with E-state index in [4.69, 9.17) is 4.52 Å². The van der Waals surface area contributed by atoms with Crippen LogP contribution >= 0.6 is 7.52 Å². The van der Waals surface area contributed by atoms with Crippen LogP contribution in [0.3, 0.4) is 0 Å². The number of halogens is 1. The van der Waals surface area contributed by atoms with Crippen molar-refractivity contribution in [3.05, 3.63) is 47.8 Å². The molecule has 0 bridgehead atoms. The van der Waals surface area contributed by atoms with Crippen LogP contribution in [0, 0.1) is 17.7 Å². The Balaban J connectivity index is 1.56. The second kappa shape index (κ2) is 8.79. The van der Waals surface area contributed by atoms with Crippen LogP contribution in [0.1, 0.15) is 29.6 Å². The summed E-state index contributed by atoms with van der Waals surface area (Å²) in [6.07, 6.45) is 3.89. The number of benzene rings is 2. The van der Waals surface area contributed by atoms with E-state index in [9.17, 15) is 27.0 Å². The van der Waals surface area contributed by atoms with Gasteiger partial charge in [-0.3, -0.25) is 18.9 Å². The maximum atomic E-state index is 14.1. The molecule has 1 aliphatic carbocycles. The fourth-order valence-electron chi connectivity index (χ4n) is 4.45. The van der Waals surface area contributed by atoms with Crippen molar-refractivity contribution in [2.24, 2.45) is 16.6 Å². The van der Waals surface area contributed by atoms with E-state index < -0.39 is 41.0 Å². The number of carbonyl (C=O) groups is 2. The molecule has 2 heterocycles. The molecule has 2 N–H and O–H groups in total. The molecule has 190 valence electrons. The summed E-state index contributed by atoms with van der Waals surface area (Å²) in [5.41, 5.74) is 0.783. The average molecular weight is 535 g/mol. The molecule has 2 aliphatic heterocycles. The van der Waals surface area contributed by atoms with Gasteiger partial charge in [0.2, 0.25) is 15.9 Å². The van der Waals surface area contributed by atoms with Gasteiger partial charge in [0.25, 0.3) is 0 Å². The first-order valence-corrected chi connectivity index (χ1v) is 14.8. The first-order valence-electron chi connectivity index (χ1n) is 11.3. The van der Waals surface area contributed by atoms with Gasteiger partial charge in [-0.1, -0.05) is 12.8 Å². The van der Waals surface area contributed by atoms with E-state index in [2.05, 4.69) is 14.8 Å². The summed E-state index contributed by atoms with van der Waals surface area (Å²) in [4.78, 5) is 28.5. The summed E-state index contributed by atoms with van der Waals surface area (Å²) in [7, 11) is -6.42. The van der Waals surface area contributed by atoms with Crippen LogP contribution in [0.25, 0.3) is 0 Å². The SMILES string of the molecule is COP1(=O)N=C(C2C(=O)c3cc(F)ccc3N(CCC3CC3)C2=O)Nc2ccc(NS(C)(=O)=O)cc21. The zero-order chi connectivity index (χ0) is 25.8. The molecule has 0 aromatic heterocycles. The monoisotopic (exact) mass is 534 g/mol. The Labute approximate surface area is 207 Å². The van der Waals surface area contributed by atoms with Crippen LogP contribution in [0.5, 0.6) is 0 Å². The third-order valence-corrected chi connectivity index (χ3v) is 8.94. The van der Waals surface area contributed by atoms with Crippen molar-refractivity contribution in [2.75, 3.05) is 34.8 Å². The van der Waals surface area contributed by atoms with Gasteiger partial charge in [0.15, 0.2) is 11.7 Å². The number of rotatable bonds is 7. The molecule has 2 aromatic carbocycles. The number of hydrogen-bond acceptors (Lipinski definition) is 7. The first kappa shape index (κ1) is 24.6. The number of hydrogen-bond donors (Lipinski definition) is 2. The van der Waals surface area contributed by atoms with E-state index in [1.807, 2.05) is 0 Å². The molecule has 0 spiro atoms. The molecule has 10 nitrogen and oxygen atoms in total. The Morgan fingerprint density at radius 3 is 2.64 bits per heavy atom. The van der Waals surface area contributed by atoms with Crippen LogP contribution in [0.2, 0.25) is 0 Å². The Kier molecular flexibility index (Phi) is 6.01. The fourth-order valence-corrected chi connectivity index (χ4v) is 6.58. The van der Waals surface area contributed by atoms with E-state index in [0.717, 1.165) is 31.6 Å². The van der Waals surface area contributed by atoms with E-state index in [1.54, 1.807) is 0 Å². The third-order valence-electron chi connectivity index (χ3n) is 6.38. The van der Waals surface area contributed by atoms with Gasteiger partial charge in [0.1, 0.15) is 11.7 Å². The number of amidine groups is 1. The standard InChI is InChI=1S/C23H24FN4O6PS/c1-34-35(31)19-12-15(27-36(2,32)33)6-7-17(19)25-22(26-35)20-21(29)16-11-14(24)5-8-18(16)28(23(20)30)10-9-13-3-4-13/h5-8,11-13,20,27H,3-4,9-10H2,1-2H3,(H,25,26,31). The number of carbonyl (C=O) groups excluding carboxylic acids is 2. The molecule has 3 aliphatic rings. The van der Waals surface area contributed by atoms with Crippen molar-refractivity contribution in [3.63, 3.8) is 0 Å². The number of nitrogens with one attached hydrogen (secondary N) is 2. The van der Waals surface area contributed by atoms with Crippen LogP contribution in [-0.2, 0) is 23.9 Å². The molecular formula is C23H24FN4O6PS. The minimum atomic E-state index is -3.99. The molecule has 1 saturated carbocycles. The largest absolute Gasteiger partial charge is 0.348 e. The molecule has 5 rings (SSSR count). The predicted octanol–water partition coefficient (Wildman–Crippen LogP) is 3.13. The van der Waals surface area contributed by atoms with Gasteiger partial charge in [0.05, 0.1) is 22.9 Å². The number of fused-ring (bicyclic) bond motifs is 2. The number of ketones is 1.